The molecule has 0 aliphatic carbocycles. The molecule has 1 aromatic rings. The third kappa shape index (κ3) is 2.53. The summed E-state index contributed by atoms with van der Waals surface area (Å²) in [5.74, 6) is 0.982. The normalized spacial score (nSPS) is 13.2. The van der Waals surface area contributed by atoms with Crippen LogP contribution in [0.2, 0.25) is 0 Å². The zero-order valence-corrected chi connectivity index (χ0v) is 11.4. The molecule has 1 aliphatic rings. The molecule has 0 amide bonds. The molecule has 98 valence electrons. The van der Waals surface area contributed by atoms with Crippen LogP contribution >= 0.6 is 15.9 Å². The monoisotopic (exact) mass is 316 g/mol. The minimum absolute atomic E-state index is 0.0441. The highest BCUT2D eigenvalue weighted by atomic mass is 79.9. The predicted octanol–water partition coefficient (Wildman–Crippen LogP) is 2.25. The average molecular weight is 317 g/mol. The third-order valence-electron chi connectivity index (χ3n) is 2.62. The Bertz CT molecular complexity index is 472. The lowest BCUT2D eigenvalue weighted by Crippen LogP contribution is -2.16. The van der Waals surface area contributed by atoms with E-state index in [9.17, 15) is 4.79 Å². The Morgan fingerprint density at radius 1 is 1.50 bits per heavy atom. The Hall–Kier alpha value is -1.43. The van der Waals surface area contributed by atoms with E-state index in [1.165, 1.54) is 0 Å². The van der Waals surface area contributed by atoms with Gasteiger partial charge in [0.25, 0.3) is 0 Å². The number of aliphatic carboxylic acids is 1. The van der Waals surface area contributed by atoms with Crippen molar-refractivity contribution in [2.45, 2.75) is 12.8 Å². The van der Waals surface area contributed by atoms with Crippen LogP contribution in [0.25, 0.3) is 0 Å². The van der Waals surface area contributed by atoms with Crippen LogP contribution < -0.4 is 14.2 Å². The zero-order valence-electron chi connectivity index (χ0n) is 9.86. The number of carbonyl (C=O) groups is 1. The fourth-order valence-corrected chi connectivity index (χ4v) is 2.55. The van der Waals surface area contributed by atoms with Crippen LogP contribution in [-0.4, -0.2) is 31.4 Å². The molecule has 0 atom stereocenters. The van der Waals surface area contributed by atoms with Gasteiger partial charge >= 0.3 is 5.97 Å². The number of ether oxygens (including phenoxy) is 3. The van der Waals surface area contributed by atoms with Crippen LogP contribution in [-0.2, 0) is 11.2 Å². The number of aryl methyl sites for hydroxylation is 1. The number of halogens is 1. The van der Waals surface area contributed by atoms with E-state index in [0.29, 0.717) is 41.4 Å². The topological polar surface area (TPSA) is 65.0 Å². The summed E-state index contributed by atoms with van der Waals surface area (Å²) >= 11 is 3.41. The molecule has 18 heavy (non-hydrogen) atoms. The van der Waals surface area contributed by atoms with E-state index >= 15 is 0 Å². The van der Waals surface area contributed by atoms with Crippen LogP contribution in [0.15, 0.2) is 10.5 Å². The van der Waals surface area contributed by atoms with E-state index in [2.05, 4.69) is 15.9 Å². The Kier molecular flexibility index (Phi) is 3.96. The molecule has 0 unspecified atom stereocenters. The van der Waals surface area contributed by atoms with Gasteiger partial charge in [0.1, 0.15) is 23.4 Å². The van der Waals surface area contributed by atoms with Gasteiger partial charge in [-0.1, -0.05) is 0 Å². The Balaban J connectivity index is 2.38. The highest BCUT2D eigenvalue weighted by Gasteiger charge is 2.22. The van der Waals surface area contributed by atoms with Crippen molar-refractivity contribution < 1.29 is 24.1 Å². The molecule has 0 bridgehead atoms. The fraction of sp³-hybridized carbons (Fsp3) is 0.417. The van der Waals surface area contributed by atoms with Gasteiger partial charge in [-0.15, -0.1) is 0 Å². The second-order valence-corrected chi connectivity index (χ2v) is 4.59. The van der Waals surface area contributed by atoms with Gasteiger partial charge in [0.2, 0.25) is 0 Å². The molecular weight excluding hydrogens is 304 g/mol. The molecule has 1 aromatic carbocycles. The van der Waals surface area contributed by atoms with Crippen molar-refractivity contribution in [2.24, 2.45) is 0 Å². The Labute approximate surface area is 113 Å². The molecule has 0 saturated heterocycles. The minimum atomic E-state index is -0.844. The number of rotatable bonds is 4. The van der Waals surface area contributed by atoms with Crippen molar-refractivity contribution in [1.82, 2.24) is 0 Å². The third-order valence-corrected chi connectivity index (χ3v) is 3.34. The second-order valence-electron chi connectivity index (χ2n) is 3.80. The lowest BCUT2D eigenvalue weighted by molar-refractivity contribution is -0.136. The van der Waals surface area contributed by atoms with Crippen LogP contribution in [0.5, 0.6) is 17.2 Å². The molecule has 1 heterocycles. The molecule has 0 spiro atoms. The summed E-state index contributed by atoms with van der Waals surface area (Å²) in [4.78, 5) is 10.6. The molecule has 0 fully saturated rings. The van der Waals surface area contributed by atoms with Gasteiger partial charge in [-0.05, 0) is 34.0 Å². The first kappa shape index (κ1) is 13.0. The first-order valence-corrected chi connectivity index (χ1v) is 6.29. The number of carboxylic acids is 1. The molecule has 1 N–H and O–H groups in total. The van der Waals surface area contributed by atoms with E-state index in [4.69, 9.17) is 19.3 Å². The van der Waals surface area contributed by atoms with Crippen molar-refractivity contribution in [3.63, 3.8) is 0 Å². The van der Waals surface area contributed by atoms with E-state index in [1.54, 1.807) is 13.2 Å². The van der Waals surface area contributed by atoms with E-state index in [-0.39, 0.29) is 6.42 Å². The number of fused-ring (bicyclic) bond motifs is 1. The quantitative estimate of drug-likeness (QED) is 0.923. The van der Waals surface area contributed by atoms with Crippen LogP contribution in [0.1, 0.15) is 12.0 Å². The van der Waals surface area contributed by atoms with E-state index in [1.807, 2.05) is 0 Å². The number of methoxy groups -OCH3 is 1. The van der Waals surface area contributed by atoms with Gasteiger partial charge in [-0.25, -0.2) is 0 Å². The molecule has 0 radical (unpaired) electrons. The zero-order chi connectivity index (χ0) is 13.1. The van der Waals surface area contributed by atoms with Crippen molar-refractivity contribution in [3.8, 4) is 17.2 Å². The lowest BCUT2D eigenvalue weighted by Gasteiger charge is -2.22. The predicted molar refractivity (Wildman–Crippen MR) is 67.6 cm³/mol. The van der Waals surface area contributed by atoms with Gasteiger partial charge in [-0.2, -0.15) is 0 Å². The summed E-state index contributed by atoms with van der Waals surface area (Å²) in [5, 5.41) is 8.74. The summed E-state index contributed by atoms with van der Waals surface area (Å²) in [6.07, 6.45) is 0.427. The molecule has 5 nitrogen and oxygen atoms in total. The van der Waals surface area contributed by atoms with Crippen molar-refractivity contribution in [3.05, 3.63) is 16.1 Å². The van der Waals surface area contributed by atoms with Gasteiger partial charge in [0, 0.05) is 6.42 Å². The fourth-order valence-electron chi connectivity index (χ4n) is 1.83. The van der Waals surface area contributed by atoms with Gasteiger partial charge < -0.3 is 19.3 Å². The lowest BCUT2D eigenvalue weighted by atomic mass is 10.1. The highest BCUT2D eigenvalue weighted by molar-refractivity contribution is 9.10. The average Bonchev–Trinajstić information content (AvgIpc) is 2.36. The van der Waals surface area contributed by atoms with Gasteiger partial charge in [0.15, 0.2) is 11.5 Å². The molecule has 2 rings (SSSR count). The Morgan fingerprint density at radius 2 is 2.22 bits per heavy atom. The highest BCUT2D eigenvalue weighted by Crippen LogP contribution is 2.45. The number of hydrogen-bond acceptors (Lipinski definition) is 4. The number of hydrogen-bond donors (Lipinski definition) is 1. The number of carboxylic acid groups (broad SMARTS) is 1. The molecule has 0 aromatic heterocycles. The maximum Gasteiger partial charge on any atom is 0.303 e. The van der Waals surface area contributed by atoms with Crippen LogP contribution in [0.4, 0.5) is 0 Å². The summed E-state index contributed by atoms with van der Waals surface area (Å²) in [7, 11) is 1.54. The molecular formula is C12H13BrO5. The van der Waals surface area contributed by atoms with Crippen molar-refractivity contribution >= 4 is 21.9 Å². The summed E-state index contributed by atoms with van der Waals surface area (Å²) in [6.45, 7) is 0.980. The summed E-state index contributed by atoms with van der Waals surface area (Å²) < 4.78 is 17.0. The van der Waals surface area contributed by atoms with Crippen LogP contribution in [0.3, 0.4) is 0 Å². The van der Waals surface area contributed by atoms with Crippen molar-refractivity contribution in [1.29, 1.82) is 0 Å². The smallest absolute Gasteiger partial charge is 0.303 e. The summed E-state index contributed by atoms with van der Waals surface area (Å²) in [5.41, 5.74) is 0.788. The maximum atomic E-state index is 10.6. The van der Waals surface area contributed by atoms with Gasteiger partial charge in [-0.3, -0.25) is 4.79 Å². The summed E-state index contributed by atoms with van der Waals surface area (Å²) in [6, 6.07) is 1.78. The maximum absolute atomic E-state index is 10.6. The largest absolute Gasteiger partial charge is 0.495 e. The Morgan fingerprint density at radius 3 is 2.89 bits per heavy atom. The second kappa shape index (κ2) is 5.48. The van der Waals surface area contributed by atoms with Gasteiger partial charge in [0.05, 0.1) is 7.11 Å². The first-order chi connectivity index (χ1) is 8.63. The van der Waals surface area contributed by atoms with E-state index in [0.717, 1.165) is 5.56 Å². The SMILES string of the molecule is COc1c(CCC(=O)O)cc2c(c1Br)OCCO2. The minimum Gasteiger partial charge on any atom is -0.495 e. The first-order valence-electron chi connectivity index (χ1n) is 5.50. The van der Waals surface area contributed by atoms with Crippen LogP contribution in [0, 0.1) is 0 Å². The van der Waals surface area contributed by atoms with Crippen molar-refractivity contribution in [2.75, 3.05) is 20.3 Å². The standard InChI is InChI=1S/C12H13BrO5/c1-16-11-7(2-3-9(14)15)6-8-12(10(11)13)18-5-4-17-8/h6H,2-5H2,1H3,(H,14,15). The molecule has 1 aliphatic heterocycles. The molecule has 0 saturated carbocycles. The number of benzene rings is 1. The van der Waals surface area contributed by atoms with E-state index < -0.39 is 5.97 Å². The molecule has 6 heteroatoms.